The van der Waals surface area contributed by atoms with Gasteiger partial charge in [0, 0.05) is 25.0 Å². The molecule has 0 saturated carbocycles. The van der Waals surface area contributed by atoms with Gasteiger partial charge in [-0.15, -0.1) is 0 Å². The summed E-state index contributed by atoms with van der Waals surface area (Å²) in [5, 5.41) is 8.71. The first kappa shape index (κ1) is 7.75. The summed E-state index contributed by atoms with van der Waals surface area (Å²) in [6, 6.07) is 0. The van der Waals surface area contributed by atoms with E-state index in [-0.39, 0.29) is 5.76 Å². The van der Waals surface area contributed by atoms with E-state index in [2.05, 4.69) is 11.6 Å². The van der Waals surface area contributed by atoms with Gasteiger partial charge in [-0.05, 0) is 0 Å². The Labute approximate surface area is 54.2 Å². The number of nitrogens with zero attached hydrogens (tertiary/aromatic N) is 1. The molecule has 0 bridgehead atoms. The molecule has 3 heteroatoms. The number of aliphatic hydroxyl groups excluding tert-OH is 1. The van der Waals surface area contributed by atoms with Gasteiger partial charge in [0.15, 0.2) is 0 Å². The molecule has 0 aliphatic heterocycles. The van der Waals surface area contributed by atoms with Gasteiger partial charge in [0.2, 0.25) is 0 Å². The smallest absolute Gasteiger partial charge is 0.118 e. The molecule has 9 heavy (non-hydrogen) atoms. The normalized spacial score (nSPS) is 12.3. The van der Waals surface area contributed by atoms with Gasteiger partial charge in [0.05, 0.1) is 0 Å². The maximum Gasteiger partial charge on any atom is 0.118 e. The molecular weight excluding hydrogens is 116 g/mol. The van der Waals surface area contributed by atoms with Crippen LogP contribution in [0.15, 0.2) is 29.1 Å². The monoisotopic (exact) mass is 126 g/mol. The topological polar surface area (TPSA) is 58.6 Å². The maximum atomic E-state index is 8.71. The molecule has 0 spiro atoms. The van der Waals surface area contributed by atoms with Gasteiger partial charge in [-0.2, -0.15) is 0 Å². The lowest BCUT2D eigenvalue weighted by molar-refractivity contribution is 0.431. The van der Waals surface area contributed by atoms with Crippen molar-refractivity contribution in [1.29, 1.82) is 0 Å². The van der Waals surface area contributed by atoms with Gasteiger partial charge in [-0.25, -0.2) is 0 Å². The molecule has 0 atom stereocenters. The summed E-state index contributed by atoms with van der Waals surface area (Å²) in [6.07, 6.45) is 2.68. The Morgan fingerprint density at radius 2 is 2.33 bits per heavy atom. The molecule has 0 radical (unpaired) electrons. The number of rotatable bonds is 2. The molecule has 0 amide bonds. The van der Waals surface area contributed by atoms with E-state index in [1.807, 2.05) is 0 Å². The zero-order valence-electron chi connectivity index (χ0n) is 5.33. The first-order valence-electron chi connectivity index (χ1n) is 2.44. The Morgan fingerprint density at radius 3 is 2.44 bits per heavy atom. The van der Waals surface area contributed by atoms with Crippen LogP contribution in [-0.4, -0.2) is 18.4 Å². The highest BCUT2D eigenvalue weighted by molar-refractivity contribution is 5.82. The van der Waals surface area contributed by atoms with Crippen LogP contribution in [0.3, 0.4) is 0 Å². The summed E-state index contributed by atoms with van der Waals surface area (Å²) in [4.78, 5) is 3.63. The maximum absolute atomic E-state index is 8.71. The van der Waals surface area contributed by atoms with E-state index in [0.29, 0.717) is 5.57 Å². The molecule has 0 saturated heterocycles. The second-order valence-corrected chi connectivity index (χ2v) is 1.46. The molecule has 0 aliphatic carbocycles. The van der Waals surface area contributed by atoms with Gasteiger partial charge in [-0.3, -0.25) is 4.99 Å². The van der Waals surface area contributed by atoms with Gasteiger partial charge < -0.3 is 10.8 Å². The summed E-state index contributed by atoms with van der Waals surface area (Å²) < 4.78 is 0. The van der Waals surface area contributed by atoms with Gasteiger partial charge in [-0.1, -0.05) is 6.58 Å². The van der Waals surface area contributed by atoms with E-state index >= 15 is 0 Å². The molecule has 0 aromatic carbocycles. The molecule has 0 heterocycles. The fourth-order valence-corrected chi connectivity index (χ4v) is 0.353. The van der Waals surface area contributed by atoms with E-state index in [4.69, 9.17) is 10.8 Å². The molecule has 3 nitrogen and oxygen atoms in total. The standard InChI is InChI=1S/C6H10N2O/c1-5(9)6(3-7)4-8-2/h3-4,9H,1,7H2,2H3. The summed E-state index contributed by atoms with van der Waals surface area (Å²) in [6.45, 7) is 3.26. The number of aliphatic imine (C=N–C) groups is 1. The van der Waals surface area contributed by atoms with Gasteiger partial charge in [0.25, 0.3) is 0 Å². The summed E-state index contributed by atoms with van der Waals surface area (Å²) >= 11 is 0. The van der Waals surface area contributed by atoms with Crippen LogP contribution in [0.2, 0.25) is 0 Å². The van der Waals surface area contributed by atoms with Crippen molar-refractivity contribution in [3.8, 4) is 0 Å². The first-order chi connectivity index (χ1) is 4.22. The SMILES string of the molecule is C=C(O)C(C=NC)=CN. The van der Waals surface area contributed by atoms with Crippen LogP contribution in [0.4, 0.5) is 0 Å². The van der Waals surface area contributed by atoms with Crippen LogP contribution in [0.5, 0.6) is 0 Å². The van der Waals surface area contributed by atoms with Crippen molar-refractivity contribution in [2.75, 3.05) is 7.05 Å². The van der Waals surface area contributed by atoms with Crippen LogP contribution in [-0.2, 0) is 0 Å². The van der Waals surface area contributed by atoms with E-state index < -0.39 is 0 Å². The Balaban J connectivity index is 4.19. The lowest BCUT2D eigenvalue weighted by Gasteiger charge is -1.93. The number of hydrogen-bond donors (Lipinski definition) is 2. The third kappa shape index (κ3) is 2.54. The quantitative estimate of drug-likeness (QED) is 0.323. The predicted octanol–water partition coefficient (Wildman–Crippen LogP) is 0.601. The van der Waals surface area contributed by atoms with Crippen molar-refractivity contribution in [3.05, 3.63) is 24.1 Å². The highest BCUT2D eigenvalue weighted by Gasteiger charge is 1.91. The van der Waals surface area contributed by atoms with E-state index in [1.165, 1.54) is 12.4 Å². The molecule has 0 fully saturated rings. The third-order valence-corrected chi connectivity index (χ3v) is 0.781. The fraction of sp³-hybridized carbons (Fsp3) is 0.167. The minimum atomic E-state index is -0.0666. The van der Waals surface area contributed by atoms with Gasteiger partial charge in [0.1, 0.15) is 5.76 Å². The summed E-state index contributed by atoms with van der Waals surface area (Å²) in [5.41, 5.74) is 5.53. The summed E-state index contributed by atoms with van der Waals surface area (Å²) in [5.74, 6) is -0.0666. The van der Waals surface area contributed by atoms with Crippen molar-refractivity contribution in [2.24, 2.45) is 10.7 Å². The molecule has 0 aromatic heterocycles. The van der Waals surface area contributed by atoms with Crippen LogP contribution >= 0.6 is 0 Å². The average molecular weight is 126 g/mol. The van der Waals surface area contributed by atoms with Crippen molar-refractivity contribution in [2.45, 2.75) is 0 Å². The Kier molecular flexibility index (Phi) is 3.20. The second kappa shape index (κ2) is 3.72. The van der Waals surface area contributed by atoms with Crippen LogP contribution in [0.1, 0.15) is 0 Å². The minimum Gasteiger partial charge on any atom is -0.508 e. The second-order valence-electron chi connectivity index (χ2n) is 1.46. The minimum absolute atomic E-state index is 0.0666. The lowest BCUT2D eigenvalue weighted by atomic mass is 10.3. The van der Waals surface area contributed by atoms with Crippen LogP contribution < -0.4 is 5.73 Å². The number of allylic oxidation sites excluding steroid dienone is 1. The zero-order valence-corrected chi connectivity index (χ0v) is 5.33. The molecule has 50 valence electrons. The first-order valence-corrected chi connectivity index (χ1v) is 2.44. The van der Waals surface area contributed by atoms with E-state index in [9.17, 15) is 0 Å². The van der Waals surface area contributed by atoms with Crippen LogP contribution in [0.25, 0.3) is 0 Å². The Bertz CT molecular complexity index is 158. The molecule has 0 aromatic rings. The molecule has 0 aliphatic rings. The third-order valence-electron chi connectivity index (χ3n) is 0.781. The van der Waals surface area contributed by atoms with Crippen molar-refractivity contribution in [3.63, 3.8) is 0 Å². The molecule has 0 unspecified atom stereocenters. The largest absolute Gasteiger partial charge is 0.508 e. The van der Waals surface area contributed by atoms with Crippen molar-refractivity contribution >= 4 is 6.21 Å². The molecule has 3 N–H and O–H groups in total. The highest BCUT2D eigenvalue weighted by atomic mass is 16.3. The zero-order chi connectivity index (χ0) is 7.28. The highest BCUT2D eigenvalue weighted by Crippen LogP contribution is 1.96. The fourth-order valence-electron chi connectivity index (χ4n) is 0.353. The number of hydrogen-bond acceptors (Lipinski definition) is 3. The van der Waals surface area contributed by atoms with Crippen LogP contribution in [0, 0.1) is 0 Å². The van der Waals surface area contributed by atoms with Crippen molar-refractivity contribution in [1.82, 2.24) is 0 Å². The Morgan fingerprint density at radius 1 is 1.78 bits per heavy atom. The number of aliphatic hydroxyl groups is 1. The van der Waals surface area contributed by atoms with Crippen molar-refractivity contribution < 1.29 is 5.11 Å². The average Bonchev–Trinajstić information content (AvgIpc) is 1.82. The summed E-state index contributed by atoms with van der Waals surface area (Å²) in [7, 11) is 1.59. The van der Waals surface area contributed by atoms with E-state index in [1.54, 1.807) is 7.05 Å². The predicted molar refractivity (Wildman–Crippen MR) is 38.5 cm³/mol. The van der Waals surface area contributed by atoms with Gasteiger partial charge >= 0.3 is 0 Å². The number of nitrogens with two attached hydrogens (primary N) is 1. The Hall–Kier alpha value is -1.25. The molecular formula is C6H10N2O. The lowest BCUT2D eigenvalue weighted by Crippen LogP contribution is -1.93. The molecule has 0 rings (SSSR count). The van der Waals surface area contributed by atoms with E-state index in [0.717, 1.165) is 0 Å².